The van der Waals surface area contributed by atoms with Gasteiger partial charge in [-0.2, -0.15) is 0 Å². The molecule has 7 heteroatoms. The minimum Gasteiger partial charge on any atom is -0.462 e. The van der Waals surface area contributed by atoms with Gasteiger partial charge in [0, 0.05) is 23.0 Å². The maximum absolute atomic E-state index is 12.1. The number of nitrogens with one attached hydrogen (secondary N) is 1. The Kier molecular flexibility index (Phi) is 4.16. The number of aromatic nitrogens is 4. The second-order valence-corrected chi connectivity index (χ2v) is 8.01. The summed E-state index contributed by atoms with van der Waals surface area (Å²) in [7, 11) is 0. The number of ether oxygens (including phenoxy) is 1. The third kappa shape index (κ3) is 2.97. The Hall–Kier alpha value is -3.06. The van der Waals surface area contributed by atoms with Crippen molar-refractivity contribution in [3.05, 3.63) is 60.7 Å². The number of benzene rings is 2. The van der Waals surface area contributed by atoms with Gasteiger partial charge in [-0.1, -0.05) is 48.2 Å². The Bertz CT molecular complexity index is 1120. The highest BCUT2D eigenvalue weighted by Crippen LogP contribution is 2.35. The summed E-state index contributed by atoms with van der Waals surface area (Å²) in [4.78, 5) is 15.5. The van der Waals surface area contributed by atoms with Crippen molar-refractivity contribution >= 4 is 28.6 Å². The third-order valence-electron chi connectivity index (χ3n) is 4.79. The maximum Gasteiger partial charge on any atom is 0.319 e. The average Bonchev–Trinajstić information content (AvgIpc) is 3.39. The van der Waals surface area contributed by atoms with Gasteiger partial charge in [-0.05, 0) is 31.2 Å². The van der Waals surface area contributed by atoms with Gasteiger partial charge in [0.1, 0.15) is 11.4 Å². The molecular formula is C21H18N4O2S. The fraction of sp³-hybridized carbons (Fsp3) is 0.190. The molecule has 3 heterocycles. The number of carbonyl (C=O) groups excluding carboxylic acids is 1. The molecule has 1 aliphatic rings. The van der Waals surface area contributed by atoms with Crippen LogP contribution >= 0.6 is 11.8 Å². The number of hydrogen-bond acceptors (Lipinski definition) is 5. The molecule has 1 saturated heterocycles. The summed E-state index contributed by atoms with van der Waals surface area (Å²) in [6, 6.07) is 20.1. The van der Waals surface area contributed by atoms with Crippen molar-refractivity contribution < 1.29 is 9.53 Å². The van der Waals surface area contributed by atoms with E-state index in [9.17, 15) is 4.79 Å². The number of para-hydroxylation sites is 2. The van der Waals surface area contributed by atoms with Crippen LogP contribution in [0.5, 0.6) is 0 Å². The summed E-state index contributed by atoms with van der Waals surface area (Å²) in [6.45, 7) is 1.91. The van der Waals surface area contributed by atoms with E-state index in [0.717, 1.165) is 22.3 Å². The molecule has 140 valence electrons. The molecule has 2 aromatic carbocycles. The minimum atomic E-state index is -0.266. The van der Waals surface area contributed by atoms with Gasteiger partial charge in [-0.15, -0.1) is 10.2 Å². The van der Waals surface area contributed by atoms with Crippen LogP contribution in [-0.2, 0) is 9.53 Å². The number of cyclic esters (lactones) is 1. The summed E-state index contributed by atoms with van der Waals surface area (Å²) in [5, 5.41) is 10.4. The van der Waals surface area contributed by atoms with E-state index in [4.69, 9.17) is 4.74 Å². The normalized spacial score (nSPS) is 19.2. The van der Waals surface area contributed by atoms with Crippen molar-refractivity contribution in [2.45, 2.75) is 29.9 Å². The summed E-state index contributed by atoms with van der Waals surface area (Å²) < 4.78 is 7.29. The highest BCUT2D eigenvalue weighted by atomic mass is 32.2. The zero-order valence-corrected chi connectivity index (χ0v) is 16.0. The molecule has 1 aliphatic heterocycles. The number of aromatic amines is 1. The number of esters is 1. The third-order valence-corrected chi connectivity index (χ3v) is 5.94. The maximum atomic E-state index is 12.1. The first-order chi connectivity index (χ1) is 13.7. The van der Waals surface area contributed by atoms with E-state index < -0.39 is 0 Å². The molecular weight excluding hydrogens is 372 g/mol. The standard InChI is InChI=1S/C21H18N4O2S/c1-13-11-18(20(26)27-13)28-21-24-23-19(25(21)15-8-3-2-4-9-15)17-12-14-7-5-6-10-16(14)22-17/h2-10,12-13,18,22H,11H2,1H3. The van der Waals surface area contributed by atoms with E-state index in [0.29, 0.717) is 17.4 Å². The van der Waals surface area contributed by atoms with Gasteiger partial charge in [0.15, 0.2) is 11.0 Å². The Morgan fingerprint density at radius 3 is 2.64 bits per heavy atom. The molecule has 0 amide bonds. The van der Waals surface area contributed by atoms with Crippen LogP contribution in [0.2, 0.25) is 0 Å². The molecule has 2 aromatic heterocycles. The Labute approximate surface area is 165 Å². The molecule has 0 bridgehead atoms. The molecule has 2 atom stereocenters. The second-order valence-electron chi connectivity index (χ2n) is 6.84. The zero-order valence-electron chi connectivity index (χ0n) is 15.2. The molecule has 0 radical (unpaired) electrons. The van der Waals surface area contributed by atoms with E-state index >= 15 is 0 Å². The smallest absolute Gasteiger partial charge is 0.319 e. The van der Waals surface area contributed by atoms with Gasteiger partial charge in [-0.25, -0.2) is 0 Å². The van der Waals surface area contributed by atoms with Gasteiger partial charge in [0.05, 0.1) is 5.69 Å². The van der Waals surface area contributed by atoms with Crippen LogP contribution in [0.15, 0.2) is 65.8 Å². The van der Waals surface area contributed by atoms with Gasteiger partial charge < -0.3 is 9.72 Å². The number of rotatable bonds is 4. The molecule has 6 nitrogen and oxygen atoms in total. The lowest BCUT2D eigenvalue weighted by molar-refractivity contribution is -0.140. The second kappa shape index (κ2) is 6.83. The van der Waals surface area contributed by atoms with E-state index in [1.54, 1.807) is 0 Å². The highest BCUT2D eigenvalue weighted by Gasteiger charge is 2.34. The van der Waals surface area contributed by atoms with Crippen LogP contribution in [0, 0.1) is 0 Å². The Morgan fingerprint density at radius 2 is 1.89 bits per heavy atom. The molecule has 5 rings (SSSR count). The quantitative estimate of drug-likeness (QED) is 0.529. The van der Waals surface area contributed by atoms with Crippen LogP contribution in [0.1, 0.15) is 13.3 Å². The molecule has 0 aliphatic carbocycles. The average molecular weight is 390 g/mol. The monoisotopic (exact) mass is 390 g/mol. The van der Waals surface area contributed by atoms with Gasteiger partial charge in [0.25, 0.3) is 0 Å². The summed E-state index contributed by atoms with van der Waals surface area (Å²) in [5.41, 5.74) is 2.87. The number of nitrogens with zero attached hydrogens (tertiary/aromatic N) is 3. The predicted octanol–water partition coefficient (Wildman–Crippen LogP) is 4.21. The molecule has 1 N–H and O–H groups in total. The van der Waals surface area contributed by atoms with Crippen LogP contribution in [0.25, 0.3) is 28.1 Å². The van der Waals surface area contributed by atoms with E-state index in [1.807, 2.05) is 60.0 Å². The van der Waals surface area contributed by atoms with Crippen LogP contribution in [-0.4, -0.2) is 37.1 Å². The number of fused-ring (bicyclic) bond motifs is 1. The lowest BCUT2D eigenvalue weighted by Gasteiger charge is -2.10. The van der Waals surface area contributed by atoms with Crippen LogP contribution < -0.4 is 0 Å². The van der Waals surface area contributed by atoms with Crippen molar-refractivity contribution in [3.8, 4) is 17.2 Å². The van der Waals surface area contributed by atoms with Gasteiger partial charge in [0.2, 0.25) is 0 Å². The van der Waals surface area contributed by atoms with Crippen LogP contribution in [0.4, 0.5) is 0 Å². The summed E-state index contributed by atoms with van der Waals surface area (Å²) in [6.07, 6.45) is 0.610. The van der Waals surface area contributed by atoms with E-state index in [1.165, 1.54) is 11.8 Å². The lowest BCUT2D eigenvalue weighted by Crippen LogP contribution is -2.11. The zero-order chi connectivity index (χ0) is 19.1. The molecule has 0 spiro atoms. The first-order valence-electron chi connectivity index (χ1n) is 9.15. The fourth-order valence-electron chi connectivity index (χ4n) is 3.47. The molecule has 0 saturated carbocycles. The number of hydrogen-bond donors (Lipinski definition) is 1. The topological polar surface area (TPSA) is 72.8 Å². The highest BCUT2D eigenvalue weighted by molar-refractivity contribution is 8.00. The van der Waals surface area contributed by atoms with Crippen LogP contribution in [0.3, 0.4) is 0 Å². The minimum absolute atomic E-state index is 0.0636. The number of H-pyrrole nitrogens is 1. The molecule has 28 heavy (non-hydrogen) atoms. The Morgan fingerprint density at radius 1 is 1.11 bits per heavy atom. The number of carbonyl (C=O) groups is 1. The van der Waals surface area contributed by atoms with Crippen molar-refractivity contribution in [2.75, 3.05) is 0 Å². The molecule has 1 fully saturated rings. The van der Waals surface area contributed by atoms with E-state index in [2.05, 4.69) is 27.3 Å². The summed E-state index contributed by atoms with van der Waals surface area (Å²) >= 11 is 1.41. The van der Waals surface area contributed by atoms with Crippen molar-refractivity contribution in [3.63, 3.8) is 0 Å². The van der Waals surface area contributed by atoms with Crippen molar-refractivity contribution in [2.24, 2.45) is 0 Å². The lowest BCUT2D eigenvalue weighted by atomic mass is 10.2. The SMILES string of the molecule is CC1CC(Sc2nnc(-c3cc4ccccc4[nH]3)n2-c2ccccc2)C(=O)O1. The van der Waals surface area contributed by atoms with Gasteiger partial charge >= 0.3 is 5.97 Å². The van der Waals surface area contributed by atoms with Crippen molar-refractivity contribution in [1.29, 1.82) is 0 Å². The number of thioether (sulfide) groups is 1. The largest absolute Gasteiger partial charge is 0.462 e. The first-order valence-corrected chi connectivity index (χ1v) is 10.0. The predicted molar refractivity (Wildman–Crippen MR) is 108 cm³/mol. The van der Waals surface area contributed by atoms with Crippen molar-refractivity contribution in [1.82, 2.24) is 19.7 Å². The first kappa shape index (κ1) is 17.1. The van der Waals surface area contributed by atoms with E-state index in [-0.39, 0.29) is 17.3 Å². The Balaban J connectivity index is 1.61. The van der Waals surface area contributed by atoms with Gasteiger partial charge in [-0.3, -0.25) is 9.36 Å². The summed E-state index contributed by atoms with van der Waals surface area (Å²) in [5.74, 6) is 0.525. The fourth-order valence-corrected chi connectivity index (χ4v) is 4.63. The molecule has 4 aromatic rings. The molecule has 2 unspecified atom stereocenters.